The minimum atomic E-state index is 0. The fourth-order valence-corrected chi connectivity index (χ4v) is 1.73. The average molecular weight is 249 g/mol. The van der Waals surface area contributed by atoms with E-state index in [-0.39, 0.29) is 30.3 Å². The number of halogens is 1. The number of nitrogens with one attached hydrogen (secondary N) is 2. The van der Waals surface area contributed by atoms with Gasteiger partial charge < -0.3 is 10.6 Å². The van der Waals surface area contributed by atoms with E-state index in [9.17, 15) is 4.79 Å². The van der Waals surface area contributed by atoms with Crippen LogP contribution < -0.4 is 10.6 Å². The van der Waals surface area contributed by atoms with Crippen LogP contribution in [0.4, 0.5) is 0 Å². The highest BCUT2D eigenvalue weighted by atomic mass is 35.5. The molecule has 1 fully saturated rings. The summed E-state index contributed by atoms with van der Waals surface area (Å²) in [6.45, 7) is 10.5. The Morgan fingerprint density at radius 3 is 2.31 bits per heavy atom. The van der Waals surface area contributed by atoms with Gasteiger partial charge in [-0.3, -0.25) is 4.79 Å². The van der Waals surface area contributed by atoms with Gasteiger partial charge in [0.15, 0.2) is 0 Å². The molecule has 3 unspecified atom stereocenters. The second-order valence-electron chi connectivity index (χ2n) is 4.89. The Kier molecular flexibility index (Phi) is 7.00. The van der Waals surface area contributed by atoms with Gasteiger partial charge in [-0.25, -0.2) is 0 Å². The molecular formula is C12H25ClN2O. The Bertz CT molecular complexity index is 219. The molecule has 3 atom stereocenters. The first-order valence-corrected chi connectivity index (χ1v) is 6.07. The van der Waals surface area contributed by atoms with Gasteiger partial charge in [0.2, 0.25) is 5.91 Å². The lowest BCUT2D eigenvalue weighted by Gasteiger charge is -2.33. The van der Waals surface area contributed by atoms with Crippen molar-refractivity contribution in [2.45, 2.75) is 40.2 Å². The summed E-state index contributed by atoms with van der Waals surface area (Å²) >= 11 is 0. The van der Waals surface area contributed by atoms with Crippen LogP contribution in [0.3, 0.4) is 0 Å². The summed E-state index contributed by atoms with van der Waals surface area (Å²) in [5, 5.41) is 6.32. The van der Waals surface area contributed by atoms with Crippen LogP contribution in [0, 0.1) is 17.8 Å². The Balaban J connectivity index is 0.00000225. The molecule has 2 N–H and O–H groups in total. The maximum Gasteiger partial charge on any atom is 0.223 e. The summed E-state index contributed by atoms with van der Waals surface area (Å²) in [6.07, 6.45) is 1.11. The zero-order valence-corrected chi connectivity index (χ0v) is 11.6. The molecule has 1 rings (SSSR count). The molecule has 0 radical (unpaired) electrons. The summed E-state index contributed by atoms with van der Waals surface area (Å²) in [5.41, 5.74) is 0. The van der Waals surface area contributed by atoms with E-state index in [0.29, 0.717) is 11.8 Å². The van der Waals surface area contributed by atoms with E-state index < -0.39 is 0 Å². The summed E-state index contributed by atoms with van der Waals surface area (Å²) < 4.78 is 0. The van der Waals surface area contributed by atoms with Crippen LogP contribution in [0.25, 0.3) is 0 Å². The predicted octanol–water partition coefficient (Wildman–Crippen LogP) is 1.81. The van der Waals surface area contributed by atoms with Gasteiger partial charge in [-0.05, 0) is 31.8 Å². The van der Waals surface area contributed by atoms with Gasteiger partial charge in [0.05, 0.1) is 0 Å². The van der Waals surface area contributed by atoms with Crippen LogP contribution in [0.15, 0.2) is 0 Å². The summed E-state index contributed by atoms with van der Waals surface area (Å²) in [5.74, 6) is 1.46. The van der Waals surface area contributed by atoms with E-state index in [2.05, 4.69) is 31.4 Å². The molecule has 0 spiro atoms. The van der Waals surface area contributed by atoms with E-state index in [1.165, 1.54) is 0 Å². The van der Waals surface area contributed by atoms with Gasteiger partial charge >= 0.3 is 0 Å². The number of hydrogen-bond acceptors (Lipinski definition) is 2. The van der Waals surface area contributed by atoms with E-state index in [1.54, 1.807) is 0 Å². The molecule has 0 aromatic heterocycles. The number of carbonyl (C=O) groups excluding carboxylic acids is 1. The topological polar surface area (TPSA) is 41.1 Å². The zero-order chi connectivity index (χ0) is 11.4. The van der Waals surface area contributed by atoms with Crippen molar-refractivity contribution in [2.24, 2.45) is 17.8 Å². The Hall–Kier alpha value is -0.280. The molecule has 1 saturated heterocycles. The molecule has 1 amide bonds. The van der Waals surface area contributed by atoms with Crippen LogP contribution in [-0.2, 0) is 4.79 Å². The molecule has 16 heavy (non-hydrogen) atoms. The molecule has 1 aliphatic rings. The SMILES string of the molecule is CCC(C)C(C)NC(=O)C(C)C1CNC1.Cl. The highest BCUT2D eigenvalue weighted by Gasteiger charge is 2.29. The average Bonchev–Trinajstić information content (AvgIpc) is 2.13. The molecule has 3 nitrogen and oxygen atoms in total. The lowest BCUT2D eigenvalue weighted by molar-refractivity contribution is -0.127. The normalized spacial score (nSPS) is 21.2. The molecule has 4 heteroatoms. The third-order valence-electron chi connectivity index (χ3n) is 3.80. The summed E-state index contributed by atoms with van der Waals surface area (Å²) in [4.78, 5) is 11.9. The molecule has 96 valence electrons. The minimum absolute atomic E-state index is 0. The van der Waals surface area contributed by atoms with Crippen molar-refractivity contribution < 1.29 is 4.79 Å². The van der Waals surface area contributed by atoms with Crippen molar-refractivity contribution in [3.63, 3.8) is 0 Å². The lowest BCUT2D eigenvalue weighted by atomic mass is 9.88. The Labute approximate surface area is 105 Å². The van der Waals surface area contributed by atoms with Gasteiger partial charge in [0, 0.05) is 12.0 Å². The van der Waals surface area contributed by atoms with Crippen molar-refractivity contribution in [1.82, 2.24) is 10.6 Å². The number of carbonyl (C=O) groups is 1. The van der Waals surface area contributed by atoms with Gasteiger partial charge in [-0.1, -0.05) is 27.2 Å². The third kappa shape index (κ3) is 3.95. The van der Waals surface area contributed by atoms with E-state index in [1.807, 2.05) is 6.92 Å². The highest BCUT2D eigenvalue weighted by molar-refractivity contribution is 5.85. The molecule has 0 aromatic carbocycles. The highest BCUT2D eigenvalue weighted by Crippen LogP contribution is 2.17. The number of amides is 1. The lowest BCUT2D eigenvalue weighted by Crippen LogP contribution is -2.51. The molecule has 0 saturated carbocycles. The number of hydrogen-bond donors (Lipinski definition) is 2. The van der Waals surface area contributed by atoms with Crippen molar-refractivity contribution >= 4 is 18.3 Å². The minimum Gasteiger partial charge on any atom is -0.353 e. The molecule has 1 aliphatic heterocycles. The second kappa shape index (κ2) is 7.13. The van der Waals surface area contributed by atoms with Crippen molar-refractivity contribution in [1.29, 1.82) is 0 Å². The van der Waals surface area contributed by atoms with Crippen molar-refractivity contribution in [3.8, 4) is 0 Å². The smallest absolute Gasteiger partial charge is 0.223 e. The summed E-state index contributed by atoms with van der Waals surface area (Å²) in [7, 11) is 0. The van der Waals surface area contributed by atoms with Crippen LogP contribution in [0.2, 0.25) is 0 Å². The molecular weight excluding hydrogens is 224 g/mol. The zero-order valence-electron chi connectivity index (χ0n) is 10.7. The van der Waals surface area contributed by atoms with Crippen LogP contribution in [-0.4, -0.2) is 25.0 Å². The molecule has 0 bridgehead atoms. The van der Waals surface area contributed by atoms with Crippen molar-refractivity contribution in [2.75, 3.05) is 13.1 Å². The molecule has 0 aliphatic carbocycles. The first-order chi connectivity index (χ1) is 7.06. The van der Waals surface area contributed by atoms with Gasteiger partial charge in [-0.15, -0.1) is 12.4 Å². The van der Waals surface area contributed by atoms with Crippen LogP contribution in [0.1, 0.15) is 34.1 Å². The second-order valence-corrected chi connectivity index (χ2v) is 4.89. The monoisotopic (exact) mass is 248 g/mol. The van der Waals surface area contributed by atoms with E-state index in [4.69, 9.17) is 0 Å². The maximum absolute atomic E-state index is 11.9. The van der Waals surface area contributed by atoms with Crippen molar-refractivity contribution in [3.05, 3.63) is 0 Å². The fraction of sp³-hybridized carbons (Fsp3) is 0.917. The first kappa shape index (κ1) is 15.7. The molecule has 1 heterocycles. The molecule has 0 aromatic rings. The van der Waals surface area contributed by atoms with E-state index in [0.717, 1.165) is 19.5 Å². The Morgan fingerprint density at radius 2 is 1.94 bits per heavy atom. The third-order valence-corrected chi connectivity index (χ3v) is 3.80. The summed E-state index contributed by atoms with van der Waals surface area (Å²) in [6, 6.07) is 0.290. The quantitative estimate of drug-likeness (QED) is 0.779. The van der Waals surface area contributed by atoms with Crippen LogP contribution in [0.5, 0.6) is 0 Å². The number of rotatable bonds is 5. The van der Waals surface area contributed by atoms with Gasteiger partial charge in [0.1, 0.15) is 0 Å². The van der Waals surface area contributed by atoms with E-state index >= 15 is 0 Å². The predicted molar refractivity (Wildman–Crippen MR) is 69.8 cm³/mol. The van der Waals surface area contributed by atoms with Gasteiger partial charge in [-0.2, -0.15) is 0 Å². The Morgan fingerprint density at radius 1 is 1.38 bits per heavy atom. The first-order valence-electron chi connectivity index (χ1n) is 6.07. The van der Waals surface area contributed by atoms with Gasteiger partial charge in [0.25, 0.3) is 0 Å². The van der Waals surface area contributed by atoms with Crippen LogP contribution >= 0.6 is 12.4 Å². The maximum atomic E-state index is 11.9. The fourth-order valence-electron chi connectivity index (χ4n) is 1.73. The standard InChI is InChI=1S/C12H24N2O.ClH/c1-5-8(2)10(4)14-12(15)9(3)11-6-13-7-11;/h8-11,13H,5-7H2,1-4H3,(H,14,15);1H. The largest absolute Gasteiger partial charge is 0.353 e.